The summed E-state index contributed by atoms with van der Waals surface area (Å²) < 4.78 is 5.69. The molecule has 0 spiro atoms. The van der Waals surface area contributed by atoms with Crippen molar-refractivity contribution in [2.24, 2.45) is 0 Å². The molecule has 0 aliphatic heterocycles. The van der Waals surface area contributed by atoms with Gasteiger partial charge in [-0.05, 0) is 56.5 Å². The van der Waals surface area contributed by atoms with Crippen molar-refractivity contribution < 1.29 is 14.3 Å². The van der Waals surface area contributed by atoms with Crippen LogP contribution in [0.25, 0.3) is 0 Å². The SMILES string of the molecule is CSCCC(NC(=O)c1ccc(Cl)cc1Cl)C(=O)NCc1cccnc1OC(C)C. The van der Waals surface area contributed by atoms with Crippen molar-refractivity contribution in [2.45, 2.75) is 39.0 Å². The van der Waals surface area contributed by atoms with E-state index in [0.29, 0.717) is 23.1 Å². The maximum atomic E-state index is 12.8. The molecule has 0 radical (unpaired) electrons. The second kappa shape index (κ2) is 12.0. The number of pyridine rings is 1. The van der Waals surface area contributed by atoms with Gasteiger partial charge in [-0.2, -0.15) is 11.8 Å². The first-order valence-electron chi connectivity index (χ1n) is 9.45. The first kappa shape index (κ1) is 24.3. The van der Waals surface area contributed by atoms with Crippen LogP contribution in [0.4, 0.5) is 0 Å². The summed E-state index contributed by atoms with van der Waals surface area (Å²) in [6.45, 7) is 4.06. The maximum Gasteiger partial charge on any atom is 0.253 e. The Morgan fingerprint density at radius 3 is 2.67 bits per heavy atom. The van der Waals surface area contributed by atoms with E-state index in [1.54, 1.807) is 30.1 Å². The van der Waals surface area contributed by atoms with Crippen molar-refractivity contribution in [3.05, 3.63) is 57.7 Å². The molecule has 162 valence electrons. The second-order valence-electron chi connectivity index (χ2n) is 6.78. The molecule has 2 rings (SSSR count). The molecule has 1 atom stereocenters. The van der Waals surface area contributed by atoms with Gasteiger partial charge in [0.2, 0.25) is 11.8 Å². The molecule has 1 aromatic heterocycles. The van der Waals surface area contributed by atoms with Gasteiger partial charge in [0.15, 0.2) is 0 Å². The Hall–Kier alpha value is -1.96. The van der Waals surface area contributed by atoms with Crippen LogP contribution in [-0.4, -0.2) is 41.0 Å². The third kappa shape index (κ3) is 7.38. The Bertz CT molecular complexity index is 880. The average molecular weight is 470 g/mol. The van der Waals surface area contributed by atoms with Gasteiger partial charge in [-0.1, -0.05) is 29.3 Å². The fourth-order valence-electron chi connectivity index (χ4n) is 2.61. The van der Waals surface area contributed by atoms with Gasteiger partial charge >= 0.3 is 0 Å². The van der Waals surface area contributed by atoms with Crippen molar-refractivity contribution in [2.75, 3.05) is 12.0 Å². The minimum atomic E-state index is -0.706. The second-order valence-corrected chi connectivity index (χ2v) is 8.61. The van der Waals surface area contributed by atoms with Gasteiger partial charge in [-0.25, -0.2) is 4.98 Å². The van der Waals surface area contributed by atoms with E-state index < -0.39 is 11.9 Å². The van der Waals surface area contributed by atoms with Crippen LogP contribution in [0.15, 0.2) is 36.5 Å². The van der Waals surface area contributed by atoms with Gasteiger partial charge < -0.3 is 15.4 Å². The van der Waals surface area contributed by atoms with Crippen LogP contribution in [0.3, 0.4) is 0 Å². The first-order valence-corrected chi connectivity index (χ1v) is 11.6. The summed E-state index contributed by atoms with van der Waals surface area (Å²) in [7, 11) is 0. The van der Waals surface area contributed by atoms with Crippen molar-refractivity contribution in [1.29, 1.82) is 0 Å². The number of nitrogens with zero attached hydrogens (tertiary/aromatic N) is 1. The van der Waals surface area contributed by atoms with Crippen molar-refractivity contribution >= 4 is 46.8 Å². The number of carbonyl (C=O) groups excluding carboxylic acids is 2. The third-order valence-corrected chi connectivity index (χ3v) is 5.25. The lowest BCUT2D eigenvalue weighted by molar-refractivity contribution is -0.123. The summed E-state index contributed by atoms with van der Waals surface area (Å²) in [4.78, 5) is 29.7. The molecular formula is C21H25Cl2N3O3S. The molecule has 0 saturated heterocycles. The molecule has 30 heavy (non-hydrogen) atoms. The summed E-state index contributed by atoms with van der Waals surface area (Å²) in [6, 6.07) is 7.53. The lowest BCUT2D eigenvalue weighted by Crippen LogP contribution is -2.47. The number of rotatable bonds is 10. The summed E-state index contributed by atoms with van der Waals surface area (Å²) in [6.07, 6.45) is 4.03. The molecule has 0 saturated carbocycles. The van der Waals surface area contributed by atoms with E-state index in [9.17, 15) is 9.59 Å². The Labute approximate surface area is 191 Å². The zero-order valence-corrected chi connectivity index (χ0v) is 19.4. The van der Waals surface area contributed by atoms with Crippen LogP contribution in [0.2, 0.25) is 10.0 Å². The summed E-state index contributed by atoms with van der Waals surface area (Å²) >= 11 is 13.6. The number of carbonyl (C=O) groups is 2. The maximum absolute atomic E-state index is 12.8. The van der Waals surface area contributed by atoms with E-state index in [2.05, 4.69) is 15.6 Å². The van der Waals surface area contributed by atoms with Gasteiger partial charge in [0.05, 0.1) is 16.7 Å². The molecule has 0 aliphatic carbocycles. The van der Waals surface area contributed by atoms with Gasteiger partial charge in [0, 0.05) is 23.3 Å². The number of aromatic nitrogens is 1. The average Bonchev–Trinajstić information content (AvgIpc) is 2.69. The smallest absolute Gasteiger partial charge is 0.253 e. The monoisotopic (exact) mass is 469 g/mol. The van der Waals surface area contributed by atoms with Gasteiger partial charge in [-0.3, -0.25) is 9.59 Å². The van der Waals surface area contributed by atoms with Crippen molar-refractivity contribution in [3.63, 3.8) is 0 Å². The zero-order valence-electron chi connectivity index (χ0n) is 17.1. The molecule has 2 N–H and O–H groups in total. The summed E-state index contributed by atoms with van der Waals surface area (Å²) in [5.41, 5.74) is 1.03. The van der Waals surface area contributed by atoms with E-state index in [1.165, 1.54) is 12.1 Å². The highest BCUT2D eigenvalue weighted by Crippen LogP contribution is 2.21. The summed E-state index contributed by atoms with van der Waals surface area (Å²) in [5.74, 6) is 0.469. The van der Waals surface area contributed by atoms with Crippen LogP contribution >= 0.6 is 35.0 Å². The molecular weight excluding hydrogens is 445 g/mol. The normalized spacial score (nSPS) is 11.8. The number of benzene rings is 1. The van der Waals surface area contributed by atoms with Crippen LogP contribution in [0.1, 0.15) is 36.2 Å². The minimum absolute atomic E-state index is 0.0351. The largest absolute Gasteiger partial charge is 0.475 e. The Morgan fingerprint density at radius 1 is 1.23 bits per heavy atom. The number of halogens is 2. The lowest BCUT2D eigenvalue weighted by Gasteiger charge is -2.19. The van der Waals surface area contributed by atoms with E-state index in [-0.39, 0.29) is 29.1 Å². The van der Waals surface area contributed by atoms with E-state index >= 15 is 0 Å². The number of ether oxygens (including phenoxy) is 1. The van der Waals surface area contributed by atoms with E-state index in [1.807, 2.05) is 26.2 Å². The lowest BCUT2D eigenvalue weighted by atomic mass is 10.1. The molecule has 0 bridgehead atoms. The van der Waals surface area contributed by atoms with E-state index in [0.717, 1.165) is 5.56 Å². The molecule has 0 fully saturated rings. The Balaban J connectivity index is 2.07. The quantitative estimate of drug-likeness (QED) is 0.540. The summed E-state index contributed by atoms with van der Waals surface area (Å²) in [5, 5.41) is 6.30. The fraction of sp³-hybridized carbons (Fsp3) is 0.381. The number of hydrogen-bond acceptors (Lipinski definition) is 5. The predicted molar refractivity (Wildman–Crippen MR) is 123 cm³/mol. The molecule has 1 unspecified atom stereocenters. The molecule has 2 amide bonds. The molecule has 1 aromatic carbocycles. The number of nitrogens with one attached hydrogen (secondary N) is 2. The van der Waals surface area contributed by atoms with Crippen molar-refractivity contribution in [1.82, 2.24) is 15.6 Å². The van der Waals surface area contributed by atoms with Gasteiger partial charge in [0.1, 0.15) is 6.04 Å². The van der Waals surface area contributed by atoms with Crippen LogP contribution in [-0.2, 0) is 11.3 Å². The van der Waals surface area contributed by atoms with Gasteiger partial charge in [0.25, 0.3) is 5.91 Å². The third-order valence-electron chi connectivity index (χ3n) is 4.06. The van der Waals surface area contributed by atoms with Crippen LogP contribution in [0, 0.1) is 0 Å². The predicted octanol–water partition coefficient (Wildman–Crippen LogP) is 4.34. The zero-order chi connectivity index (χ0) is 22.1. The molecule has 6 nitrogen and oxygen atoms in total. The minimum Gasteiger partial charge on any atom is -0.475 e. The highest BCUT2D eigenvalue weighted by Gasteiger charge is 2.22. The number of amides is 2. The number of thioether (sulfide) groups is 1. The highest BCUT2D eigenvalue weighted by molar-refractivity contribution is 7.98. The molecule has 1 heterocycles. The first-order chi connectivity index (χ1) is 14.3. The topological polar surface area (TPSA) is 80.3 Å². The Morgan fingerprint density at radius 2 is 2.00 bits per heavy atom. The standard InChI is InChI=1S/C21H25Cl2N3O3S/c1-13(2)29-21-14(5-4-9-24-21)12-25-20(28)18(8-10-30-3)26-19(27)16-7-6-15(22)11-17(16)23/h4-7,9,11,13,18H,8,10,12H2,1-3H3,(H,25,28)(H,26,27). The molecule has 0 aliphatic rings. The van der Waals surface area contributed by atoms with Crippen LogP contribution in [0.5, 0.6) is 5.88 Å². The van der Waals surface area contributed by atoms with Gasteiger partial charge in [-0.15, -0.1) is 0 Å². The van der Waals surface area contributed by atoms with Crippen molar-refractivity contribution in [3.8, 4) is 5.88 Å². The van der Waals surface area contributed by atoms with Crippen LogP contribution < -0.4 is 15.4 Å². The molecule has 2 aromatic rings. The fourth-order valence-corrected chi connectivity index (χ4v) is 3.57. The molecule has 9 heteroatoms. The number of hydrogen-bond donors (Lipinski definition) is 2. The Kier molecular flexibility index (Phi) is 9.75. The van der Waals surface area contributed by atoms with E-state index in [4.69, 9.17) is 27.9 Å². The highest BCUT2D eigenvalue weighted by atomic mass is 35.5.